The van der Waals surface area contributed by atoms with Gasteiger partial charge in [-0.3, -0.25) is 0 Å². The summed E-state index contributed by atoms with van der Waals surface area (Å²) in [6.07, 6.45) is 4.98. The molecule has 0 saturated heterocycles. The number of nitrogens with one attached hydrogen (secondary N) is 1. The van der Waals surface area contributed by atoms with E-state index >= 15 is 0 Å². The van der Waals surface area contributed by atoms with Crippen molar-refractivity contribution >= 4 is 9.84 Å². The summed E-state index contributed by atoms with van der Waals surface area (Å²) in [5.41, 5.74) is 0.256. The Balaban J connectivity index is 2.39. The second kappa shape index (κ2) is 5.02. The predicted molar refractivity (Wildman–Crippen MR) is 67.4 cm³/mol. The first-order valence-electron chi connectivity index (χ1n) is 5.84. The first kappa shape index (κ1) is 13.9. The van der Waals surface area contributed by atoms with Crippen LogP contribution in [0.4, 0.5) is 0 Å². The van der Waals surface area contributed by atoms with Gasteiger partial charge in [-0.2, -0.15) is 0 Å². The standard InChI is InChI=1S/C11H24N2O2S/c1-10(8-16(4,14)15)12-9-11(13(2)3)6-5-7-11/h10,12H,5-9H2,1-4H3. The number of hydrogen-bond acceptors (Lipinski definition) is 4. The van der Waals surface area contributed by atoms with Gasteiger partial charge in [-0.1, -0.05) is 0 Å². The SMILES string of the molecule is CC(CS(C)(=O)=O)NCC1(N(C)C)CCC1. The Hall–Kier alpha value is -0.130. The summed E-state index contributed by atoms with van der Waals surface area (Å²) >= 11 is 0. The molecule has 0 heterocycles. The molecule has 1 saturated carbocycles. The number of nitrogens with zero attached hydrogens (tertiary/aromatic N) is 1. The molecule has 0 aliphatic heterocycles. The molecule has 0 aromatic carbocycles. The van der Waals surface area contributed by atoms with E-state index in [9.17, 15) is 8.42 Å². The van der Waals surface area contributed by atoms with Crippen LogP contribution in [-0.2, 0) is 9.84 Å². The quantitative estimate of drug-likeness (QED) is 0.743. The van der Waals surface area contributed by atoms with Crippen LogP contribution in [-0.4, -0.2) is 57.5 Å². The number of rotatable bonds is 6. The predicted octanol–water partition coefficient (Wildman–Crippen LogP) is 0.493. The van der Waals surface area contributed by atoms with Gasteiger partial charge in [0.2, 0.25) is 0 Å². The minimum Gasteiger partial charge on any atom is -0.311 e. The first-order valence-corrected chi connectivity index (χ1v) is 7.90. The van der Waals surface area contributed by atoms with E-state index < -0.39 is 9.84 Å². The minimum absolute atomic E-state index is 0.0347. The molecule has 0 radical (unpaired) electrons. The van der Waals surface area contributed by atoms with Gasteiger partial charge in [0.05, 0.1) is 5.75 Å². The van der Waals surface area contributed by atoms with Crippen molar-refractivity contribution in [2.45, 2.75) is 37.8 Å². The average molecular weight is 248 g/mol. The third-order valence-corrected chi connectivity index (χ3v) is 4.67. The summed E-state index contributed by atoms with van der Waals surface area (Å²) in [5, 5.41) is 3.34. The Morgan fingerprint density at radius 3 is 2.25 bits per heavy atom. The van der Waals surface area contributed by atoms with Gasteiger partial charge in [-0.15, -0.1) is 0 Å². The minimum atomic E-state index is -2.88. The van der Waals surface area contributed by atoms with Gasteiger partial charge in [-0.25, -0.2) is 8.42 Å². The van der Waals surface area contributed by atoms with Crippen molar-refractivity contribution in [3.63, 3.8) is 0 Å². The Morgan fingerprint density at radius 2 is 1.94 bits per heavy atom. The maximum absolute atomic E-state index is 11.1. The summed E-state index contributed by atoms with van der Waals surface area (Å²) in [7, 11) is 1.32. The number of hydrogen-bond donors (Lipinski definition) is 1. The van der Waals surface area contributed by atoms with Crippen molar-refractivity contribution in [1.82, 2.24) is 10.2 Å². The van der Waals surface area contributed by atoms with Crippen LogP contribution in [0.2, 0.25) is 0 Å². The molecular formula is C11H24N2O2S. The molecule has 4 nitrogen and oxygen atoms in total. The third kappa shape index (κ3) is 3.71. The average Bonchev–Trinajstić information content (AvgIpc) is 1.97. The highest BCUT2D eigenvalue weighted by Crippen LogP contribution is 2.35. The zero-order valence-electron chi connectivity index (χ0n) is 10.8. The lowest BCUT2D eigenvalue weighted by Crippen LogP contribution is -2.58. The molecule has 1 fully saturated rings. The van der Waals surface area contributed by atoms with Crippen LogP contribution in [0.5, 0.6) is 0 Å². The molecule has 1 atom stereocenters. The van der Waals surface area contributed by atoms with Crippen LogP contribution in [0.25, 0.3) is 0 Å². The second-order valence-electron chi connectivity index (χ2n) is 5.35. The fourth-order valence-electron chi connectivity index (χ4n) is 2.24. The molecule has 16 heavy (non-hydrogen) atoms. The molecule has 0 bridgehead atoms. The van der Waals surface area contributed by atoms with Crippen molar-refractivity contribution in [1.29, 1.82) is 0 Å². The van der Waals surface area contributed by atoms with E-state index in [0.29, 0.717) is 0 Å². The van der Waals surface area contributed by atoms with E-state index in [2.05, 4.69) is 24.3 Å². The van der Waals surface area contributed by atoms with Gasteiger partial charge < -0.3 is 10.2 Å². The van der Waals surface area contributed by atoms with Crippen molar-refractivity contribution in [2.75, 3.05) is 32.6 Å². The monoisotopic (exact) mass is 248 g/mol. The van der Waals surface area contributed by atoms with E-state index in [1.54, 1.807) is 0 Å². The van der Waals surface area contributed by atoms with Crippen LogP contribution in [0.3, 0.4) is 0 Å². The molecule has 0 aromatic rings. The summed E-state index contributed by atoms with van der Waals surface area (Å²) in [6.45, 7) is 2.82. The van der Waals surface area contributed by atoms with Crippen LogP contribution in [0.1, 0.15) is 26.2 Å². The fourth-order valence-corrected chi connectivity index (χ4v) is 3.27. The van der Waals surface area contributed by atoms with Gasteiger partial charge in [0.25, 0.3) is 0 Å². The zero-order chi connectivity index (χ0) is 12.4. The van der Waals surface area contributed by atoms with Gasteiger partial charge in [-0.05, 0) is 40.3 Å². The molecule has 0 amide bonds. The van der Waals surface area contributed by atoms with Crippen molar-refractivity contribution < 1.29 is 8.42 Å². The molecule has 1 aliphatic carbocycles. The lowest BCUT2D eigenvalue weighted by atomic mass is 9.75. The number of sulfone groups is 1. The lowest BCUT2D eigenvalue weighted by Gasteiger charge is -2.48. The molecular weight excluding hydrogens is 224 g/mol. The van der Waals surface area contributed by atoms with Gasteiger partial charge in [0.1, 0.15) is 9.84 Å². The highest BCUT2D eigenvalue weighted by atomic mass is 32.2. The normalized spacial score (nSPS) is 21.8. The van der Waals surface area contributed by atoms with Crippen LogP contribution in [0.15, 0.2) is 0 Å². The van der Waals surface area contributed by atoms with E-state index in [4.69, 9.17) is 0 Å². The van der Waals surface area contributed by atoms with Gasteiger partial charge >= 0.3 is 0 Å². The van der Waals surface area contributed by atoms with E-state index in [1.807, 2.05) is 6.92 Å². The van der Waals surface area contributed by atoms with Crippen molar-refractivity contribution in [3.05, 3.63) is 0 Å². The highest BCUT2D eigenvalue weighted by molar-refractivity contribution is 7.90. The summed E-state index contributed by atoms with van der Waals surface area (Å²) in [6, 6.07) is 0.0347. The third-order valence-electron chi connectivity index (χ3n) is 3.57. The lowest BCUT2D eigenvalue weighted by molar-refractivity contribution is 0.0583. The van der Waals surface area contributed by atoms with Crippen molar-refractivity contribution in [3.8, 4) is 0 Å². The van der Waals surface area contributed by atoms with Gasteiger partial charge in [0.15, 0.2) is 0 Å². The van der Waals surface area contributed by atoms with E-state index in [-0.39, 0.29) is 17.3 Å². The molecule has 1 unspecified atom stereocenters. The summed E-state index contributed by atoms with van der Waals surface area (Å²) in [4.78, 5) is 2.26. The molecule has 0 spiro atoms. The molecule has 1 N–H and O–H groups in total. The summed E-state index contributed by atoms with van der Waals surface area (Å²) < 4.78 is 22.3. The van der Waals surface area contributed by atoms with Crippen LogP contribution in [0, 0.1) is 0 Å². The largest absolute Gasteiger partial charge is 0.311 e. The molecule has 5 heteroatoms. The van der Waals surface area contributed by atoms with Crippen LogP contribution >= 0.6 is 0 Å². The second-order valence-corrected chi connectivity index (χ2v) is 7.53. The number of likely N-dealkylation sites (N-methyl/N-ethyl adjacent to an activating group) is 1. The van der Waals surface area contributed by atoms with Gasteiger partial charge in [0, 0.05) is 24.4 Å². The Kier molecular flexibility index (Phi) is 4.37. The Labute approximate surface area is 99.3 Å². The smallest absolute Gasteiger partial charge is 0.148 e. The fraction of sp³-hybridized carbons (Fsp3) is 1.00. The Morgan fingerprint density at radius 1 is 1.38 bits per heavy atom. The highest BCUT2D eigenvalue weighted by Gasteiger charge is 2.38. The molecule has 0 aromatic heterocycles. The summed E-state index contributed by atoms with van der Waals surface area (Å²) in [5.74, 6) is 0.219. The molecule has 96 valence electrons. The maximum Gasteiger partial charge on any atom is 0.148 e. The Bertz CT molecular complexity index is 321. The van der Waals surface area contributed by atoms with Crippen LogP contribution < -0.4 is 5.32 Å². The molecule has 1 rings (SSSR count). The van der Waals surface area contributed by atoms with E-state index in [1.165, 1.54) is 25.5 Å². The topological polar surface area (TPSA) is 49.4 Å². The first-order chi connectivity index (χ1) is 7.25. The van der Waals surface area contributed by atoms with E-state index in [0.717, 1.165) is 6.54 Å². The zero-order valence-corrected chi connectivity index (χ0v) is 11.6. The molecule has 1 aliphatic rings. The van der Waals surface area contributed by atoms with Crippen molar-refractivity contribution in [2.24, 2.45) is 0 Å². The maximum atomic E-state index is 11.1.